The minimum Gasteiger partial charge on any atom is -0.465 e. The first-order chi connectivity index (χ1) is 8.75. The predicted molar refractivity (Wildman–Crippen MR) is 64.9 cm³/mol. The van der Waals surface area contributed by atoms with Crippen LogP contribution in [-0.4, -0.2) is 17.3 Å². The Hall–Kier alpha value is -2.63. The monoisotopic (exact) mass is 245 g/mol. The highest BCUT2D eigenvalue weighted by atomic mass is 16.5. The molecule has 0 aromatic carbocycles. The van der Waals surface area contributed by atoms with Gasteiger partial charge >= 0.3 is 0 Å². The molecule has 0 spiro atoms. The number of amides is 1. The van der Waals surface area contributed by atoms with Crippen molar-refractivity contribution >= 4 is 18.2 Å². The molecule has 6 nitrogen and oxygen atoms in total. The number of hydrogen-bond donors (Lipinski definition) is 1. The molecule has 18 heavy (non-hydrogen) atoms. The van der Waals surface area contributed by atoms with E-state index >= 15 is 0 Å². The largest absolute Gasteiger partial charge is 0.465 e. The summed E-state index contributed by atoms with van der Waals surface area (Å²) in [4.78, 5) is 11.5. The summed E-state index contributed by atoms with van der Waals surface area (Å²) >= 11 is 0. The number of nitrogens with zero attached hydrogens (tertiary/aromatic N) is 2. The molecular formula is C12H11N3O3. The van der Waals surface area contributed by atoms with E-state index in [1.54, 1.807) is 37.5 Å². The van der Waals surface area contributed by atoms with Crippen LogP contribution in [0, 0.1) is 6.92 Å². The Morgan fingerprint density at radius 1 is 1.56 bits per heavy atom. The fourth-order valence-electron chi connectivity index (χ4n) is 1.19. The first-order valence-corrected chi connectivity index (χ1v) is 5.22. The molecular weight excluding hydrogens is 234 g/mol. The summed E-state index contributed by atoms with van der Waals surface area (Å²) in [6.07, 6.45) is 6.38. The molecule has 2 aromatic rings. The molecule has 0 atom stereocenters. The van der Waals surface area contributed by atoms with Crippen LogP contribution in [0.2, 0.25) is 0 Å². The fourth-order valence-corrected chi connectivity index (χ4v) is 1.19. The molecule has 2 aromatic heterocycles. The third kappa shape index (κ3) is 3.18. The second kappa shape index (κ2) is 5.62. The summed E-state index contributed by atoms with van der Waals surface area (Å²) < 4.78 is 9.85. The Bertz CT molecular complexity index is 567. The zero-order chi connectivity index (χ0) is 12.8. The molecule has 2 rings (SSSR count). The van der Waals surface area contributed by atoms with Crippen LogP contribution in [-0.2, 0) is 0 Å². The highest BCUT2D eigenvalue weighted by molar-refractivity contribution is 5.92. The summed E-state index contributed by atoms with van der Waals surface area (Å²) in [7, 11) is 0. The van der Waals surface area contributed by atoms with Gasteiger partial charge in [0.2, 0.25) is 0 Å². The van der Waals surface area contributed by atoms with E-state index in [1.165, 1.54) is 12.3 Å². The predicted octanol–water partition coefficient (Wildman–Crippen LogP) is 2.01. The molecule has 0 unspecified atom stereocenters. The number of carbonyl (C=O) groups is 1. The lowest BCUT2D eigenvalue weighted by atomic mass is 10.4. The van der Waals surface area contributed by atoms with E-state index in [9.17, 15) is 4.79 Å². The van der Waals surface area contributed by atoms with Crippen molar-refractivity contribution in [1.29, 1.82) is 0 Å². The van der Waals surface area contributed by atoms with Crippen molar-refractivity contribution in [2.45, 2.75) is 6.92 Å². The first-order valence-electron chi connectivity index (χ1n) is 5.22. The van der Waals surface area contributed by atoms with E-state index < -0.39 is 5.91 Å². The number of nitrogens with one attached hydrogen (secondary N) is 1. The Balaban J connectivity index is 1.83. The van der Waals surface area contributed by atoms with Crippen molar-refractivity contribution in [3.8, 4) is 0 Å². The van der Waals surface area contributed by atoms with Crippen LogP contribution in [0.4, 0.5) is 0 Å². The van der Waals surface area contributed by atoms with Crippen LogP contribution in [0.15, 0.2) is 44.6 Å². The molecule has 0 aliphatic carbocycles. The van der Waals surface area contributed by atoms with Crippen LogP contribution in [0.3, 0.4) is 0 Å². The molecule has 0 aliphatic heterocycles. The molecule has 92 valence electrons. The van der Waals surface area contributed by atoms with Gasteiger partial charge in [0, 0.05) is 12.3 Å². The molecule has 0 radical (unpaired) electrons. The molecule has 1 N–H and O–H groups in total. The van der Waals surface area contributed by atoms with Gasteiger partial charge in [-0.2, -0.15) is 5.10 Å². The van der Waals surface area contributed by atoms with E-state index in [2.05, 4.69) is 15.7 Å². The van der Waals surface area contributed by atoms with Gasteiger partial charge < -0.3 is 8.94 Å². The summed E-state index contributed by atoms with van der Waals surface area (Å²) in [6, 6.07) is 5.12. The molecule has 2 heterocycles. The highest BCUT2D eigenvalue weighted by Gasteiger charge is 2.08. The number of allylic oxidation sites excluding steroid dienone is 1. The van der Waals surface area contributed by atoms with Gasteiger partial charge in [0.15, 0.2) is 5.69 Å². The van der Waals surface area contributed by atoms with Crippen molar-refractivity contribution in [1.82, 2.24) is 10.6 Å². The molecule has 0 fully saturated rings. The van der Waals surface area contributed by atoms with Crippen LogP contribution < -0.4 is 5.43 Å². The third-order valence-corrected chi connectivity index (χ3v) is 1.99. The lowest BCUT2D eigenvalue weighted by Gasteiger charge is -1.91. The zero-order valence-electron chi connectivity index (χ0n) is 9.66. The van der Waals surface area contributed by atoms with E-state index in [-0.39, 0.29) is 5.69 Å². The number of furan rings is 1. The number of carbonyl (C=O) groups excluding carboxylic acids is 1. The number of hydrogen-bond acceptors (Lipinski definition) is 5. The smallest absolute Gasteiger partial charge is 0.293 e. The van der Waals surface area contributed by atoms with Crippen molar-refractivity contribution in [3.05, 3.63) is 47.8 Å². The van der Waals surface area contributed by atoms with E-state index in [1.807, 2.05) is 0 Å². The molecule has 0 aliphatic rings. The number of aromatic nitrogens is 1. The van der Waals surface area contributed by atoms with Crippen LogP contribution >= 0.6 is 0 Å². The summed E-state index contributed by atoms with van der Waals surface area (Å²) in [5, 5.41) is 7.28. The maximum absolute atomic E-state index is 11.5. The average molecular weight is 245 g/mol. The summed E-state index contributed by atoms with van der Waals surface area (Å²) in [6.45, 7) is 1.71. The van der Waals surface area contributed by atoms with E-state index in [0.29, 0.717) is 11.5 Å². The Morgan fingerprint density at radius 2 is 2.44 bits per heavy atom. The van der Waals surface area contributed by atoms with Crippen LogP contribution in [0.1, 0.15) is 22.0 Å². The second-order valence-electron chi connectivity index (χ2n) is 3.42. The summed E-state index contributed by atoms with van der Waals surface area (Å²) in [5.41, 5.74) is 2.51. The maximum Gasteiger partial charge on any atom is 0.293 e. The SMILES string of the molecule is Cc1cc(C(=O)N/N=C\C=C\c2ccco2)no1. The van der Waals surface area contributed by atoms with Crippen LogP contribution in [0.5, 0.6) is 0 Å². The molecule has 0 saturated heterocycles. The molecule has 0 bridgehead atoms. The van der Waals surface area contributed by atoms with Gasteiger partial charge in [0.25, 0.3) is 5.91 Å². The quantitative estimate of drug-likeness (QED) is 0.659. The molecule has 6 heteroatoms. The van der Waals surface area contributed by atoms with Gasteiger partial charge in [0.1, 0.15) is 11.5 Å². The van der Waals surface area contributed by atoms with Crippen molar-refractivity contribution in [2.75, 3.05) is 0 Å². The standard InChI is InChI=1S/C12H11N3O3/c1-9-8-11(15-18-9)12(16)14-13-6-2-4-10-5-3-7-17-10/h2-8H,1H3,(H,14,16)/b4-2+,13-6-. The highest BCUT2D eigenvalue weighted by Crippen LogP contribution is 2.01. The van der Waals surface area contributed by atoms with Gasteiger partial charge in [-0.15, -0.1) is 0 Å². The van der Waals surface area contributed by atoms with Crippen molar-refractivity contribution in [2.24, 2.45) is 5.10 Å². The minimum atomic E-state index is -0.422. The topological polar surface area (TPSA) is 80.6 Å². The van der Waals surface area contributed by atoms with Gasteiger partial charge in [0.05, 0.1) is 6.26 Å². The summed E-state index contributed by atoms with van der Waals surface area (Å²) in [5.74, 6) is 0.858. The number of aryl methyl sites for hydroxylation is 1. The van der Waals surface area contributed by atoms with Gasteiger partial charge in [-0.1, -0.05) is 5.16 Å². The number of hydrazone groups is 1. The van der Waals surface area contributed by atoms with Gasteiger partial charge in [-0.3, -0.25) is 4.79 Å². The van der Waals surface area contributed by atoms with E-state index in [0.717, 1.165) is 0 Å². The molecule has 1 amide bonds. The van der Waals surface area contributed by atoms with Crippen molar-refractivity contribution in [3.63, 3.8) is 0 Å². The van der Waals surface area contributed by atoms with Gasteiger partial charge in [-0.05, 0) is 31.2 Å². The lowest BCUT2D eigenvalue weighted by molar-refractivity contribution is 0.0946. The normalized spacial score (nSPS) is 11.4. The molecule has 0 saturated carbocycles. The fraction of sp³-hybridized carbons (Fsp3) is 0.0833. The lowest BCUT2D eigenvalue weighted by Crippen LogP contribution is -2.17. The Morgan fingerprint density at radius 3 is 3.11 bits per heavy atom. The van der Waals surface area contributed by atoms with Gasteiger partial charge in [-0.25, -0.2) is 5.43 Å². The maximum atomic E-state index is 11.5. The van der Waals surface area contributed by atoms with E-state index in [4.69, 9.17) is 8.94 Å². The Labute approximate surface area is 103 Å². The van der Waals surface area contributed by atoms with Crippen molar-refractivity contribution < 1.29 is 13.7 Å². The number of rotatable bonds is 4. The first kappa shape index (κ1) is 11.8. The third-order valence-electron chi connectivity index (χ3n) is 1.99. The zero-order valence-corrected chi connectivity index (χ0v) is 9.66. The second-order valence-corrected chi connectivity index (χ2v) is 3.42. The average Bonchev–Trinajstić information content (AvgIpc) is 2.99. The Kier molecular flexibility index (Phi) is 3.70. The van der Waals surface area contributed by atoms with Crippen LogP contribution in [0.25, 0.3) is 6.08 Å². The minimum absolute atomic E-state index is 0.194.